The van der Waals surface area contributed by atoms with Crippen LogP contribution in [-0.2, 0) is 15.9 Å². The quantitative estimate of drug-likeness (QED) is 0.506. The smallest absolute Gasteiger partial charge is 0.166 e. The molecule has 154 valence electrons. The number of hydrogen-bond donors (Lipinski definition) is 0. The van der Waals surface area contributed by atoms with Crippen LogP contribution in [0.1, 0.15) is 36.5 Å². The van der Waals surface area contributed by atoms with E-state index >= 15 is 0 Å². The highest BCUT2D eigenvalue weighted by Gasteiger charge is 2.20. The highest BCUT2D eigenvalue weighted by molar-refractivity contribution is 5.84. The summed E-state index contributed by atoms with van der Waals surface area (Å²) in [4.78, 5) is 0. The molecule has 2 nitrogen and oxygen atoms in total. The highest BCUT2D eigenvalue weighted by Crippen LogP contribution is 2.21. The van der Waals surface area contributed by atoms with Crippen LogP contribution in [0.4, 0.5) is 8.78 Å². The molecule has 0 radical (unpaired) electrons. The maximum Gasteiger partial charge on any atom is 0.166 e. The second-order valence-corrected chi connectivity index (χ2v) is 7.65. The van der Waals surface area contributed by atoms with Gasteiger partial charge in [0.2, 0.25) is 0 Å². The van der Waals surface area contributed by atoms with E-state index in [0.29, 0.717) is 11.3 Å². The van der Waals surface area contributed by atoms with E-state index in [4.69, 9.17) is 9.47 Å². The molecule has 4 heteroatoms. The van der Waals surface area contributed by atoms with E-state index in [1.54, 1.807) is 24.3 Å². The molecular formula is C26H24F2O2. The first kappa shape index (κ1) is 20.5. The molecule has 0 unspecified atom stereocenters. The monoisotopic (exact) mass is 406 g/mol. The van der Waals surface area contributed by atoms with Gasteiger partial charge in [-0.3, -0.25) is 0 Å². The number of halogens is 2. The third-order valence-electron chi connectivity index (χ3n) is 5.49. The van der Waals surface area contributed by atoms with Crippen molar-refractivity contribution in [1.29, 1.82) is 0 Å². The Bertz CT molecular complexity index is 1070. The van der Waals surface area contributed by atoms with Crippen molar-refractivity contribution in [3.8, 4) is 11.8 Å². The Morgan fingerprint density at radius 1 is 0.900 bits per heavy atom. The third-order valence-corrected chi connectivity index (χ3v) is 5.49. The van der Waals surface area contributed by atoms with Gasteiger partial charge in [-0.15, -0.1) is 0 Å². The first-order valence-electron chi connectivity index (χ1n) is 10.3. The molecule has 3 aromatic rings. The lowest BCUT2D eigenvalue weighted by Gasteiger charge is -2.28. The Labute approximate surface area is 175 Å². The number of ether oxygens (including phenoxy) is 2. The predicted octanol–water partition coefficient (Wildman–Crippen LogP) is 5.85. The summed E-state index contributed by atoms with van der Waals surface area (Å²) in [5, 5.41) is 0.898. The SMILES string of the molecule is CCC1COC(CCc2ccc(C#Cc3ccc4c(F)c(F)ccc4c3)cc2)OC1. The van der Waals surface area contributed by atoms with Gasteiger partial charge in [-0.1, -0.05) is 43.0 Å². The normalized spacial score (nSPS) is 18.8. The van der Waals surface area contributed by atoms with Crippen molar-refractivity contribution in [2.24, 2.45) is 5.92 Å². The van der Waals surface area contributed by atoms with Crippen LogP contribution in [0.25, 0.3) is 10.8 Å². The molecule has 4 rings (SSSR count). The van der Waals surface area contributed by atoms with E-state index in [1.165, 1.54) is 5.56 Å². The fourth-order valence-electron chi connectivity index (χ4n) is 3.51. The zero-order valence-corrected chi connectivity index (χ0v) is 17.0. The fourth-order valence-corrected chi connectivity index (χ4v) is 3.51. The van der Waals surface area contributed by atoms with Gasteiger partial charge in [0.15, 0.2) is 17.9 Å². The summed E-state index contributed by atoms with van der Waals surface area (Å²) in [6.07, 6.45) is 2.71. The molecule has 1 saturated heterocycles. The lowest BCUT2D eigenvalue weighted by Crippen LogP contribution is -2.32. The Kier molecular flexibility index (Phi) is 6.42. The molecular weight excluding hydrogens is 382 g/mol. The third kappa shape index (κ3) is 4.87. The molecule has 30 heavy (non-hydrogen) atoms. The molecule has 0 amide bonds. The van der Waals surface area contributed by atoms with Crippen LogP contribution in [0, 0.1) is 29.4 Å². The molecule has 1 fully saturated rings. The first-order chi connectivity index (χ1) is 14.6. The Morgan fingerprint density at radius 3 is 2.33 bits per heavy atom. The molecule has 3 aromatic carbocycles. The molecule has 1 heterocycles. The van der Waals surface area contributed by atoms with Crippen molar-refractivity contribution in [1.82, 2.24) is 0 Å². The van der Waals surface area contributed by atoms with Crippen LogP contribution in [0.2, 0.25) is 0 Å². The van der Waals surface area contributed by atoms with E-state index in [-0.39, 0.29) is 11.7 Å². The van der Waals surface area contributed by atoms with Crippen molar-refractivity contribution in [3.05, 3.63) is 82.9 Å². The van der Waals surface area contributed by atoms with E-state index in [1.807, 2.05) is 12.1 Å². The van der Waals surface area contributed by atoms with Gasteiger partial charge in [-0.05, 0) is 54.1 Å². The van der Waals surface area contributed by atoms with Gasteiger partial charge in [0, 0.05) is 28.9 Å². The van der Waals surface area contributed by atoms with Gasteiger partial charge in [0.1, 0.15) is 0 Å². The van der Waals surface area contributed by atoms with Gasteiger partial charge >= 0.3 is 0 Å². The number of benzene rings is 3. The molecule has 0 spiro atoms. The lowest BCUT2D eigenvalue weighted by molar-refractivity contribution is -0.202. The van der Waals surface area contributed by atoms with Gasteiger partial charge in [-0.2, -0.15) is 0 Å². The van der Waals surface area contributed by atoms with Gasteiger partial charge in [0.05, 0.1) is 13.2 Å². The largest absolute Gasteiger partial charge is 0.352 e. The van der Waals surface area contributed by atoms with E-state index < -0.39 is 11.6 Å². The average molecular weight is 406 g/mol. The van der Waals surface area contributed by atoms with Crippen LogP contribution in [-0.4, -0.2) is 19.5 Å². The minimum Gasteiger partial charge on any atom is -0.352 e. The maximum atomic E-state index is 13.8. The topological polar surface area (TPSA) is 18.5 Å². The van der Waals surface area contributed by atoms with Crippen LogP contribution in [0.3, 0.4) is 0 Å². The minimum absolute atomic E-state index is 0.113. The molecule has 1 aliphatic heterocycles. The summed E-state index contributed by atoms with van der Waals surface area (Å²) in [6, 6.07) is 15.9. The number of hydrogen-bond acceptors (Lipinski definition) is 2. The van der Waals surface area contributed by atoms with Gasteiger partial charge in [0.25, 0.3) is 0 Å². The highest BCUT2D eigenvalue weighted by atomic mass is 19.2. The number of fused-ring (bicyclic) bond motifs is 1. The molecule has 0 saturated carbocycles. The first-order valence-corrected chi connectivity index (χ1v) is 10.3. The van der Waals surface area contributed by atoms with Crippen molar-refractivity contribution in [3.63, 3.8) is 0 Å². The summed E-state index contributed by atoms with van der Waals surface area (Å²) in [6.45, 7) is 3.72. The molecule has 0 aromatic heterocycles. The van der Waals surface area contributed by atoms with Crippen LogP contribution < -0.4 is 0 Å². The molecule has 1 aliphatic rings. The minimum atomic E-state index is -0.840. The molecule has 0 bridgehead atoms. The molecule has 0 atom stereocenters. The maximum absolute atomic E-state index is 13.8. The zero-order chi connectivity index (χ0) is 20.9. The van der Waals surface area contributed by atoms with E-state index in [0.717, 1.165) is 49.7 Å². The van der Waals surface area contributed by atoms with Crippen molar-refractivity contribution in [2.75, 3.05) is 13.2 Å². The fraction of sp³-hybridized carbons (Fsp3) is 0.308. The van der Waals surface area contributed by atoms with E-state index in [2.05, 4.69) is 30.9 Å². The van der Waals surface area contributed by atoms with Crippen LogP contribution in [0.15, 0.2) is 54.6 Å². The summed E-state index contributed by atoms with van der Waals surface area (Å²) < 4.78 is 38.7. The Balaban J connectivity index is 1.37. The molecule has 0 N–H and O–H groups in total. The average Bonchev–Trinajstić information content (AvgIpc) is 2.80. The Morgan fingerprint density at radius 2 is 1.60 bits per heavy atom. The van der Waals surface area contributed by atoms with Gasteiger partial charge < -0.3 is 9.47 Å². The van der Waals surface area contributed by atoms with Crippen molar-refractivity contribution < 1.29 is 18.3 Å². The molecule has 0 aliphatic carbocycles. The number of rotatable bonds is 4. The summed E-state index contributed by atoms with van der Waals surface area (Å²) in [7, 11) is 0. The predicted molar refractivity (Wildman–Crippen MR) is 114 cm³/mol. The summed E-state index contributed by atoms with van der Waals surface area (Å²) >= 11 is 0. The van der Waals surface area contributed by atoms with Crippen molar-refractivity contribution >= 4 is 10.8 Å². The lowest BCUT2D eigenvalue weighted by atomic mass is 10.0. The van der Waals surface area contributed by atoms with Crippen LogP contribution >= 0.6 is 0 Å². The van der Waals surface area contributed by atoms with Crippen molar-refractivity contribution in [2.45, 2.75) is 32.5 Å². The zero-order valence-electron chi connectivity index (χ0n) is 17.0. The standard InChI is InChI=1S/C26H24F2O2/c1-2-18-16-29-25(30-17-18)14-10-20-5-3-19(4-6-20)7-8-21-9-12-23-22(15-21)11-13-24(27)26(23)28/h3-6,9,11-13,15,18,25H,2,10,14,16-17H2,1H3. The number of aryl methyl sites for hydroxylation is 1. The summed E-state index contributed by atoms with van der Waals surface area (Å²) in [5.41, 5.74) is 2.88. The Hall–Kier alpha value is -2.74. The van der Waals surface area contributed by atoms with E-state index in [9.17, 15) is 8.78 Å². The summed E-state index contributed by atoms with van der Waals surface area (Å²) in [5.74, 6) is 5.08. The second kappa shape index (κ2) is 9.38. The second-order valence-electron chi connectivity index (χ2n) is 7.65. The van der Waals surface area contributed by atoms with Gasteiger partial charge in [-0.25, -0.2) is 8.78 Å². The van der Waals surface area contributed by atoms with Crippen LogP contribution in [0.5, 0.6) is 0 Å².